The van der Waals surface area contributed by atoms with Crippen LogP contribution in [0.3, 0.4) is 0 Å². The normalized spacial score (nSPS) is 17.0. The van der Waals surface area contributed by atoms with Gasteiger partial charge in [0.2, 0.25) is 0 Å². The molecule has 0 spiro atoms. The number of amidine groups is 1. The number of amides is 1. The molecule has 1 aromatic heterocycles. The van der Waals surface area contributed by atoms with Crippen LogP contribution in [0.25, 0.3) is 17.4 Å². The number of nitrogens with one attached hydrogen (secondary N) is 1. The summed E-state index contributed by atoms with van der Waals surface area (Å²) in [4.78, 5) is 16.6. The van der Waals surface area contributed by atoms with Crippen LogP contribution < -0.4 is 5.32 Å². The standard InChI is InChI=1S/C21H13F3N2O3S/c22-21(23,24)13-4-1-3-12(9-13)17-8-7-16(29-17)11-18-19(26-20(28)30-18)25-14-5-2-6-15(27)10-14/h1-11,27H,(H,25,26,28). The molecule has 152 valence electrons. The fourth-order valence-corrected chi connectivity index (χ4v) is 3.48. The maximum atomic E-state index is 12.9. The number of rotatable bonds is 3. The van der Waals surface area contributed by atoms with Gasteiger partial charge in [0.05, 0.1) is 16.2 Å². The van der Waals surface area contributed by atoms with E-state index >= 15 is 0 Å². The highest BCUT2D eigenvalue weighted by atomic mass is 32.2. The molecule has 4 rings (SSSR count). The molecule has 1 saturated heterocycles. The predicted octanol–water partition coefficient (Wildman–Crippen LogP) is 6.20. The first-order valence-corrected chi connectivity index (χ1v) is 9.46. The maximum absolute atomic E-state index is 12.9. The summed E-state index contributed by atoms with van der Waals surface area (Å²) in [6.45, 7) is 0. The van der Waals surface area contributed by atoms with Gasteiger partial charge in [0.15, 0.2) is 0 Å². The highest BCUT2D eigenvalue weighted by Gasteiger charge is 2.30. The van der Waals surface area contributed by atoms with Crippen LogP contribution in [-0.4, -0.2) is 16.2 Å². The molecule has 3 aromatic rings. The third-order valence-electron chi connectivity index (χ3n) is 4.10. The Morgan fingerprint density at radius 3 is 2.63 bits per heavy atom. The first-order chi connectivity index (χ1) is 14.3. The minimum Gasteiger partial charge on any atom is -0.508 e. The van der Waals surface area contributed by atoms with E-state index < -0.39 is 11.7 Å². The van der Waals surface area contributed by atoms with Gasteiger partial charge in [-0.3, -0.25) is 4.79 Å². The molecule has 0 aliphatic carbocycles. The quantitative estimate of drug-likeness (QED) is 0.519. The van der Waals surface area contributed by atoms with Gasteiger partial charge in [0, 0.05) is 11.6 Å². The van der Waals surface area contributed by atoms with Crippen molar-refractivity contribution >= 4 is 34.6 Å². The number of furan rings is 1. The highest BCUT2D eigenvalue weighted by molar-refractivity contribution is 8.18. The lowest BCUT2D eigenvalue weighted by Crippen LogP contribution is -2.18. The lowest BCUT2D eigenvalue weighted by atomic mass is 10.1. The van der Waals surface area contributed by atoms with Crippen molar-refractivity contribution < 1.29 is 27.5 Å². The molecular formula is C21H13F3N2O3S. The van der Waals surface area contributed by atoms with Crippen molar-refractivity contribution in [2.24, 2.45) is 4.99 Å². The first-order valence-electron chi connectivity index (χ1n) is 8.64. The fraction of sp³-hybridized carbons (Fsp3) is 0.0476. The Bertz CT molecular complexity index is 1180. The lowest BCUT2D eigenvalue weighted by Gasteiger charge is -2.07. The van der Waals surface area contributed by atoms with Crippen LogP contribution >= 0.6 is 11.8 Å². The van der Waals surface area contributed by atoms with E-state index in [1.165, 1.54) is 24.3 Å². The second kappa shape index (κ2) is 7.75. The number of benzene rings is 2. The lowest BCUT2D eigenvalue weighted by molar-refractivity contribution is -0.137. The van der Waals surface area contributed by atoms with Crippen molar-refractivity contribution in [2.75, 3.05) is 0 Å². The van der Waals surface area contributed by atoms with E-state index in [-0.39, 0.29) is 28.1 Å². The zero-order valence-corrected chi connectivity index (χ0v) is 15.9. The van der Waals surface area contributed by atoms with Crippen LogP contribution in [0.15, 0.2) is 75.0 Å². The Balaban J connectivity index is 1.64. The monoisotopic (exact) mass is 430 g/mol. The fourth-order valence-electron chi connectivity index (χ4n) is 2.77. The van der Waals surface area contributed by atoms with Crippen molar-refractivity contribution in [2.45, 2.75) is 6.18 Å². The summed E-state index contributed by atoms with van der Waals surface area (Å²) in [5.41, 5.74) is -0.0304. The van der Waals surface area contributed by atoms with E-state index in [9.17, 15) is 23.1 Å². The number of thioether (sulfide) groups is 1. The number of hydrogen-bond donors (Lipinski definition) is 2. The number of aliphatic imine (C=N–C) groups is 1. The third kappa shape index (κ3) is 4.41. The number of carbonyl (C=O) groups is 1. The number of hydrogen-bond acceptors (Lipinski definition) is 5. The average Bonchev–Trinajstić information content (AvgIpc) is 3.28. The number of alkyl halides is 3. The van der Waals surface area contributed by atoms with Crippen LogP contribution in [0.2, 0.25) is 0 Å². The van der Waals surface area contributed by atoms with E-state index in [4.69, 9.17) is 4.42 Å². The van der Waals surface area contributed by atoms with Gasteiger partial charge in [-0.2, -0.15) is 13.2 Å². The number of phenols is 1. The summed E-state index contributed by atoms with van der Waals surface area (Å²) in [5.74, 6) is 0.940. The number of halogens is 3. The van der Waals surface area contributed by atoms with E-state index in [1.54, 1.807) is 30.3 Å². The van der Waals surface area contributed by atoms with Crippen molar-refractivity contribution in [1.29, 1.82) is 0 Å². The van der Waals surface area contributed by atoms with Gasteiger partial charge in [-0.25, -0.2) is 4.99 Å². The summed E-state index contributed by atoms with van der Waals surface area (Å²) < 4.78 is 44.5. The Labute approximate surface area is 172 Å². The van der Waals surface area contributed by atoms with E-state index in [0.717, 1.165) is 23.9 Å². The van der Waals surface area contributed by atoms with Gasteiger partial charge in [-0.1, -0.05) is 18.2 Å². The topological polar surface area (TPSA) is 74.8 Å². The van der Waals surface area contributed by atoms with E-state index in [1.807, 2.05) is 0 Å². The van der Waals surface area contributed by atoms with Gasteiger partial charge in [0.25, 0.3) is 5.24 Å². The Hall–Kier alpha value is -3.46. The van der Waals surface area contributed by atoms with Gasteiger partial charge >= 0.3 is 6.18 Å². The third-order valence-corrected chi connectivity index (χ3v) is 4.92. The van der Waals surface area contributed by atoms with Crippen LogP contribution in [0.5, 0.6) is 5.75 Å². The zero-order chi connectivity index (χ0) is 21.3. The Morgan fingerprint density at radius 2 is 1.87 bits per heavy atom. The second-order valence-corrected chi connectivity index (χ2v) is 7.30. The number of aromatic hydroxyl groups is 1. The van der Waals surface area contributed by atoms with Crippen molar-refractivity contribution in [3.05, 3.63) is 76.9 Å². The molecule has 5 nitrogen and oxygen atoms in total. The number of carbonyl (C=O) groups excluding carboxylic acids is 1. The largest absolute Gasteiger partial charge is 0.508 e. The maximum Gasteiger partial charge on any atom is 0.416 e. The summed E-state index contributed by atoms with van der Waals surface area (Å²) in [6, 6.07) is 14.2. The van der Waals surface area contributed by atoms with E-state index in [0.29, 0.717) is 16.4 Å². The van der Waals surface area contributed by atoms with E-state index in [2.05, 4.69) is 10.3 Å². The summed E-state index contributed by atoms with van der Waals surface area (Å²) in [5, 5.41) is 11.8. The molecule has 0 radical (unpaired) electrons. The minimum absolute atomic E-state index is 0.0381. The Kier molecular flexibility index (Phi) is 5.13. The Morgan fingerprint density at radius 1 is 1.07 bits per heavy atom. The molecule has 1 aliphatic rings. The van der Waals surface area contributed by atoms with Crippen molar-refractivity contribution in [3.8, 4) is 17.1 Å². The second-order valence-electron chi connectivity index (χ2n) is 6.28. The smallest absolute Gasteiger partial charge is 0.416 e. The summed E-state index contributed by atoms with van der Waals surface area (Å²) in [7, 11) is 0. The number of phenolic OH excluding ortho intramolecular Hbond substituents is 1. The summed E-state index contributed by atoms with van der Waals surface area (Å²) >= 11 is 0.912. The molecule has 30 heavy (non-hydrogen) atoms. The van der Waals surface area contributed by atoms with Gasteiger partial charge < -0.3 is 14.8 Å². The number of nitrogens with zero attached hydrogens (tertiary/aromatic N) is 1. The molecule has 1 aliphatic heterocycles. The summed E-state index contributed by atoms with van der Waals surface area (Å²) in [6.07, 6.45) is -2.88. The molecule has 2 heterocycles. The van der Waals surface area contributed by atoms with Gasteiger partial charge in [-0.05, 0) is 54.2 Å². The molecule has 0 unspecified atom stereocenters. The molecule has 2 aromatic carbocycles. The molecule has 0 atom stereocenters. The predicted molar refractivity (Wildman–Crippen MR) is 108 cm³/mol. The molecule has 0 bridgehead atoms. The van der Waals surface area contributed by atoms with Crippen LogP contribution in [0, 0.1) is 0 Å². The highest BCUT2D eigenvalue weighted by Crippen LogP contribution is 2.34. The minimum atomic E-state index is -4.45. The molecule has 2 N–H and O–H groups in total. The molecule has 9 heteroatoms. The molecule has 1 amide bonds. The van der Waals surface area contributed by atoms with Crippen molar-refractivity contribution in [3.63, 3.8) is 0 Å². The van der Waals surface area contributed by atoms with Crippen LogP contribution in [0.4, 0.5) is 23.7 Å². The van der Waals surface area contributed by atoms with Crippen LogP contribution in [-0.2, 0) is 6.18 Å². The van der Waals surface area contributed by atoms with Crippen molar-refractivity contribution in [1.82, 2.24) is 5.32 Å². The molecular weight excluding hydrogens is 417 g/mol. The van der Waals surface area contributed by atoms with Crippen LogP contribution in [0.1, 0.15) is 11.3 Å². The van der Waals surface area contributed by atoms with Gasteiger partial charge in [0.1, 0.15) is 23.1 Å². The molecule has 1 fully saturated rings. The van der Waals surface area contributed by atoms with Gasteiger partial charge in [-0.15, -0.1) is 0 Å². The molecule has 0 saturated carbocycles. The first kappa shape index (κ1) is 19.8. The SMILES string of the molecule is O=C1NC(=Nc2cccc(O)c2)C(=Cc2ccc(-c3cccc(C(F)(F)F)c3)o2)S1. The average molecular weight is 430 g/mol. The zero-order valence-electron chi connectivity index (χ0n) is 15.1.